The Labute approximate surface area is 127 Å². The van der Waals surface area contributed by atoms with Gasteiger partial charge in [0.2, 0.25) is 5.89 Å². The number of ether oxygens (including phenoxy) is 1. The van der Waals surface area contributed by atoms with Gasteiger partial charge in [-0.1, -0.05) is 20.8 Å². The SMILES string of the molecule is CN=C(NCc1nc(C)c(C)o1)NCC(OC)C(C)(C)C. The molecule has 0 spiro atoms. The summed E-state index contributed by atoms with van der Waals surface area (Å²) in [6, 6.07) is 0. The number of nitrogens with zero attached hydrogens (tertiary/aromatic N) is 2. The first-order valence-corrected chi connectivity index (χ1v) is 7.18. The van der Waals surface area contributed by atoms with E-state index in [-0.39, 0.29) is 11.5 Å². The molecule has 0 aliphatic carbocycles. The number of hydrogen-bond acceptors (Lipinski definition) is 4. The zero-order valence-electron chi connectivity index (χ0n) is 14.2. The van der Waals surface area contributed by atoms with Crippen molar-refractivity contribution in [1.82, 2.24) is 15.6 Å². The van der Waals surface area contributed by atoms with Crippen molar-refractivity contribution in [2.45, 2.75) is 47.3 Å². The predicted octanol–water partition coefficient (Wildman–Crippen LogP) is 2.02. The molecule has 1 atom stereocenters. The van der Waals surface area contributed by atoms with Crippen molar-refractivity contribution >= 4 is 5.96 Å². The van der Waals surface area contributed by atoms with E-state index in [0.717, 1.165) is 11.5 Å². The van der Waals surface area contributed by atoms with Crippen molar-refractivity contribution in [3.63, 3.8) is 0 Å². The number of nitrogens with one attached hydrogen (secondary N) is 2. The van der Waals surface area contributed by atoms with E-state index in [1.165, 1.54) is 0 Å². The van der Waals surface area contributed by atoms with E-state index in [0.29, 0.717) is 24.9 Å². The third kappa shape index (κ3) is 5.38. The van der Waals surface area contributed by atoms with Gasteiger partial charge in [0.25, 0.3) is 0 Å². The number of oxazole rings is 1. The molecule has 0 aliphatic rings. The highest BCUT2D eigenvalue weighted by Gasteiger charge is 2.24. The van der Waals surface area contributed by atoms with Crippen LogP contribution in [0.25, 0.3) is 0 Å². The fourth-order valence-corrected chi connectivity index (χ4v) is 1.93. The van der Waals surface area contributed by atoms with Crippen molar-refractivity contribution in [3.8, 4) is 0 Å². The van der Waals surface area contributed by atoms with Gasteiger partial charge in [0.05, 0.1) is 18.3 Å². The summed E-state index contributed by atoms with van der Waals surface area (Å²) < 4.78 is 11.0. The van der Waals surface area contributed by atoms with Crippen molar-refractivity contribution in [3.05, 3.63) is 17.3 Å². The fourth-order valence-electron chi connectivity index (χ4n) is 1.93. The molecule has 1 aromatic heterocycles. The molecular weight excluding hydrogens is 268 g/mol. The summed E-state index contributed by atoms with van der Waals surface area (Å²) in [6.07, 6.45) is 0.0993. The van der Waals surface area contributed by atoms with Crippen molar-refractivity contribution in [1.29, 1.82) is 0 Å². The third-order valence-electron chi connectivity index (χ3n) is 3.41. The lowest BCUT2D eigenvalue weighted by molar-refractivity contribution is 0.0205. The molecule has 0 saturated carbocycles. The van der Waals surface area contributed by atoms with E-state index in [1.54, 1.807) is 14.2 Å². The van der Waals surface area contributed by atoms with Crippen LogP contribution in [0.3, 0.4) is 0 Å². The van der Waals surface area contributed by atoms with Crippen LogP contribution in [0.2, 0.25) is 0 Å². The molecule has 0 aromatic carbocycles. The summed E-state index contributed by atoms with van der Waals surface area (Å²) in [7, 11) is 3.46. The van der Waals surface area contributed by atoms with Crippen LogP contribution < -0.4 is 10.6 Å². The second kappa shape index (κ2) is 7.45. The van der Waals surface area contributed by atoms with Gasteiger partial charge in [0.15, 0.2) is 5.96 Å². The molecule has 1 aromatic rings. The van der Waals surface area contributed by atoms with E-state index in [9.17, 15) is 0 Å². The van der Waals surface area contributed by atoms with Crippen LogP contribution in [0.15, 0.2) is 9.41 Å². The summed E-state index contributed by atoms with van der Waals surface area (Å²) in [5.74, 6) is 2.21. The number of aryl methyl sites for hydroxylation is 2. The number of hydrogen-bond donors (Lipinski definition) is 2. The fraction of sp³-hybridized carbons (Fsp3) is 0.733. The molecular formula is C15H28N4O2. The predicted molar refractivity (Wildman–Crippen MR) is 84.4 cm³/mol. The largest absolute Gasteiger partial charge is 0.444 e. The first-order valence-electron chi connectivity index (χ1n) is 7.18. The van der Waals surface area contributed by atoms with Gasteiger partial charge in [0.1, 0.15) is 5.76 Å². The number of methoxy groups -OCH3 is 1. The van der Waals surface area contributed by atoms with Crippen LogP contribution in [-0.4, -0.2) is 37.7 Å². The third-order valence-corrected chi connectivity index (χ3v) is 3.41. The summed E-state index contributed by atoms with van der Waals surface area (Å²) in [6.45, 7) is 11.5. The van der Waals surface area contributed by atoms with E-state index < -0.39 is 0 Å². The zero-order chi connectivity index (χ0) is 16.0. The highest BCUT2D eigenvalue weighted by molar-refractivity contribution is 5.79. The molecule has 120 valence electrons. The van der Waals surface area contributed by atoms with Gasteiger partial charge >= 0.3 is 0 Å². The molecule has 1 rings (SSSR count). The Bertz CT molecular complexity index is 455. The van der Waals surface area contributed by atoms with E-state index in [1.807, 2.05) is 13.8 Å². The summed E-state index contributed by atoms with van der Waals surface area (Å²) in [4.78, 5) is 8.52. The highest BCUT2D eigenvalue weighted by Crippen LogP contribution is 2.20. The Balaban J connectivity index is 2.49. The van der Waals surface area contributed by atoms with Gasteiger partial charge < -0.3 is 19.8 Å². The Kier molecular flexibility index (Phi) is 6.20. The number of rotatable bonds is 5. The van der Waals surface area contributed by atoms with Gasteiger partial charge in [-0.3, -0.25) is 4.99 Å². The molecule has 0 aliphatic heterocycles. The molecule has 0 amide bonds. The minimum absolute atomic E-state index is 0.0669. The minimum atomic E-state index is 0.0669. The molecule has 0 fully saturated rings. The monoisotopic (exact) mass is 296 g/mol. The number of guanidine groups is 1. The molecule has 1 unspecified atom stereocenters. The smallest absolute Gasteiger partial charge is 0.214 e. The molecule has 6 nitrogen and oxygen atoms in total. The Morgan fingerprint density at radius 1 is 1.33 bits per heavy atom. The zero-order valence-corrected chi connectivity index (χ0v) is 14.2. The first-order chi connectivity index (χ1) is 9.77. The van der Waals surface area contributed by atoms with E-state index in [2.05, 4.69) is 41.4 Å². The molecule has 0 saturated heterocycles. The maximum absolute atomic E-state index is 5.53. The summed E-state index contributed by atoms with van der Waals surface area (Å²) in [5, 5.41) is 6.45. The van der Waals surface area contributed by atoms with Crippen LogP contribution >= 0.6 is 0 Å². The normalized spacial score (nSPS) is 14.1. The lowest BCUT2D eigenvalue weighted by Crippen LogP contribution is -2.45. The Morgan fingerprint density at radius 3 is 2.43 bits per heavy atom. The standard InChI is InChI=1S/C15H28N4O2/c1-10-11(2)21-13(19-10)9-18-14(16-6)17-8-12(20-7)15(3,4)5/h12H,8-9H2,1-7H3,(H2,16,17,18). The average molecular weight is 296 g/mol. The maximum atomic E-state index is 5.53. The van der Waals surface area contributed by atoms with Crippen LogP contribution in [0.1, 0.15) is 38.1 Å². The van der Waals surface area contributed by atoms with Gasteiger partial charge in [-0.15, -0.1) is 0 Å². The van der Waals surface area contributed by atoms with Crippen LogP contribution in [0.5, 0.6) is 0 Å². The summed E-state index contributed by atoms with van der Waals surface area (Å²) in [5.41, 5.74) is 0.985. The molecule has 0 radical (unpaired) electrons. The second-order valence-corrected chi connectivity index (χ2v) is 6.15. The first kappa shape index (κ1) is 17.5. The second-order valence-electron chi connectivity index (χ2n) is 6.15. The lowest BCUT2D eigenvalue weighted by Gasteiger charge is -2.29. The van der Waals surface area contributed by atoms with E-state index in [4.69, 9.17) is 9.15 Å². The highest BCUT2D eigenvalue weighted by atomic mass is 16.5. The maximum Gasteiger partial charge on any atom is 0.214 e. The Morgan fingerprint density at radius 2 is 2.00 bits per heavy atom. The molecule has 0 bridgehead atoms. The Hall–Kier alpha value is -1.56. The quantitative estimate of drug-likeness (QED) is 0.642. The van der Waals surface area contributed by atoms with Crippen LogP contribution in [0, 0.1) is 19.3 Å². The lowest BCUT2D eigenvalue weighted by atomic mass is 9.89. The number of aromatic nitrogens is 1. The number of aliphatic imine (C=N–C) groups is 1. The van der Waals surface area contributed by atoms with Crippen LogP contribution in [-0.2, 0) is 11.3 Å². The molecule has 2 N–H and O–H groups in total. The van der Waals surface area contributed by atoms with E-state index >= 15 is 0 Å². The molecule has 1 heterocycles. The topological polar surface area (TPSA) is 71.7 Å². The average Bonchev–Trinajstić information content (AvgIpc) is 2.71. The molecule has 6 heteroatoms. The van der Waals surface area contributed by atoms with Crippen molar-refractivity contribution < 1.29 is 9.15 Å². The van der Waals surface area contributed by atoms with Gasteiger partial charge in [-0.2, -0.15) is 0 Å². The minimum Gasteiger partial charge on any atom is -0.444 e. The summed E-state index contributed by atoms with van der Waals surface area (Å²) >= 11 is 0. The van der Waals surface area contributed by atoms with Gasteiger partial charge in [-0.25, -0.2) is 4.98 Å². The van der Waals surface area contributed by atoms with Crippen molar-refractivity contribution in [2.24, 2.45) is 10.4 Å². The van der Waals surface area contributed by atoms with Gasteiger partial charge in [0, 0.05) is 20.7 Å². The van der Waals surface area contributed by atoms with Gasteiger partial charge in [-0.05, 0) is 19.3 Å². The van der Waals surface area contributed by atoms with Crippen molar-refractivity contribution in [2.75, 3.05) is 20.7 Å². The van der Waals surface area contributed by atoms with Crippen LogP contribution in [0.4, 0.5) is 0 Å². The molecule has 21 heavy (non-hydrogen) atoms.